The second-order valence-electron chi connectivity index (χ2n) is 5.02. The summed E-state index contributed by atoms with van der Waals surface area (Å²) in [6, 6.07) is 16.5. The molecule has 3 aromatic rings. The zero-order valence-corrected chi connectivity index (χ0v) is 14.0. The average molecular weight is 386 g/mol. The van der Waals surface area contributed by atoms with Crippen LogP contribution in [0.4, 0.5) is 21.6 Å². The maximum atomic E-state index is 12.9. The number of carbonyl (C=O) groups excluding carboxylic acids is 1. The molecule has 1 amide bonds. The Hall–Kier alpha value is -2.73. The largest absolute Gasteiger partial charge is 0.340 e. The van der Waals surface area contributed by atoms with Gasteiger partial charge in [0.15, 0.2) is 0 Å². The van der Waals surface area contributed by atoms with Crippen LogP contribution >= 0.6 is 15.9 Å². The van der Waals surface area contributed by atoms with E-state index in [4.69, 9.17) is 0 Å². The number of amides is 1. The van der Waals surface area contributed by atoms with Crippen molar-refractivity contribution in [1.29, 1.82) is 0 Å². The smallest absolute Gasteiger partial charge is 0.255 e. The Bertz CT molecular complexity index is 851. The Morgan fingerprint density at radius 2 is 1.62 bits per heavy atom. The molecule has 4 nitrogen and oxygen atoms in total. The van der Waals surface area contributed by atoms with E-state index in [0.717, 1.165) is 10.2 Å². The Balaban J connectivity index is 1.73. The summed E-state index contributed by atoms with van der Waals surface area (Å²) in [5.74, 6) is -0.0789. The van der Waals surface area contributed by atoms with Crippen molar-refractivity contribution in [2.24, 2.45) is 0 Å². The number of nitrogens with zero attached hydrogens (tertiary/aromatic N) is 1. The minimum atomic E-state index is -0.349. The lowest BCUT2D eigenvalue weighted by molar-refractivity contribution is 0.102. The molecule has 0 radical (unpaired) electrons. The first-order valence-corrected chi connectivity index (χ1v) is 7.95. The van der Waals surface area contributed by atoms with Gasteiger partial charge in [-0.05, 0) is 60.7 Å². The number of hydrogen-bond acceptors (Lipinski definition) is 3. The standard InChI is InChI=1S/C18H13BrFN3O/c19-13-1-5-15(6-2-13)22-17-11-12(9-10-21-17)18(24)23-16-7-3-14(20)4-8-16/h1-11H,(H,21,22)(H,23,24). The highest BCUT2D eigenvalue weighted by Crippen LogP contribution is 2.19. The molecule has 6 heteroatoms. The van der Waals surface area contributed by atoms with E-state index in [1.165, 1.54) is 24.3 Å². The van der Waals surface area contributed by atoms with Crippen molar-refractivity contribution in [3.05, 3.63) is 82.7 Å². The van der Waals surface area contributed by atoms with Crippen LogP contribution in [0.3, 0.4) is 0 Å². The van der Waals surface area contributed by atoms with E-state index in [9.17, 15) is 9.18 Å². The maximum absolute atomic E-state index is 12.9. The van der Waals surface area contributed by atoms with Gasteiger partial charge in [0.05, 0.1) is 0 Å². The van der Waals surface area contributed by atoms with Crippen molar-refractivity contribution >= 4 is 39.0 Å². The number of nitrogens with one attached hydrogen (secondary N) is 2. The second kappa shape index (κ2) is 7.23. The van der Waals surface area contributed by atoms with E-state index < -0.39 is 0 Å². The summed E-state index contributed by atoms with van der Waals surface area (Å²) < 4.78 is 13.9. The summed E-state index contributed by atoms with van der Waals surface area (Å²) in [6.45, 7) is 0. The molecule has 0 aliphatic heterocycles. The van der Waals surface area contributed by atoms with E-state index in [1.54, 1.807) is 18.3 Å². The Kier molecular flexibility index (Phi) is 4.86. The van der Waals surface area contributed by atoms with Gasteiger partial charge in [-0.15, -0.1) is 0 Å². The van der Waals surface area contributed by atoms with Gasteiger partial charge in [0.25, 0.3) is 5.91 Å². The molecule has 2 N–H and O–H groups in total. The SMILES string of the molecule is O=C(Nc1ccc(F)cc1)c1ccnc(Nc2ccc(Br)cc2)c1. The highest BCUT2D eigenvalue weighted by Gasteiger charge is 2.08. The third-order valence-corrected chi connectivity index (χ3v) is 3.77. The number of rotatable bonds is 4. The fraction of sp³-hybridized carbons (Fsp3) is 0. The Morgan fingerprint density at radius 3 is 2.33 bits per heavy atom. The van der Waals surface area contributed by atoms with E-state index in [2.05, 4.69) is 31.5 Å². The number of halogens is 2. The number of hydrogen-bond donors (Lipinski definition) is 2. The molecule has 0 spiro atoms. The molecule has 2 aromatic carbocycles. The van der Waals surface area contributed by atoms with E-state index in [1.807, 2.05) is 24.3 Å². The van der Waals surface area contributed by atoms with Gasteiger partial charge in [0.2, 0.25) is 0 Å². The molecule has 0 atom stereocenters. The lowest BCUT2D eigenvalue weighted by atomic mass is 10.2. The molecule has 0 unspecified atom stereocenters. The molecule has 0 bridgehead atoms. The van der Waals surface area contributed by atoms with Crippen LogP contribution in [0, 0.1) is 5.82 Å². The molecule has 1 heterocycles. The Labute approximate surface area is 146 Å². The third-order valence-electron chi connectivity index (χ3n) is 3.24. The van der Waals surface area contributed by atoms with Crippen molar-refractivity contribution in [3.8, 4) is 0 Å². The highest BCUT2D eigenvalue weighted by molar-refractivity contribution is 9.10. The molecule has 0 saturated carbocycles. The van der Waals surface area contributed by atoms with Crippen LogP contribution in [0.2, 0.25) is 0 Å². The fourth-order valence-electron chi connectivity index (χ4n) is 2.06. The van der Waals surface area contributed by atoms with Crippen LogP contribution in [0.15, 0.2) is 71.3 Å². The van der Waals surface area contributed by atoms with Gasteiger partial charge in [0, 0.05) is 27.6 Å². The zero-order chi connectivity index (χ0) is 16.9. The third kappa shape index (κ3) is 4.17. The first kappa shape index (κ1) is 16.1. The minimum absolute atomic E-state index is 0.289. The molecule has 0 saturated heterocycles. The van der Waals surface area contributed by atoms with E-state index >= 15 is 0 Å². The second-order valence-corrected chi connectivity index (χ2v) is 5.94. The van der Waals surface area contributed by atoms with Crippen molar-refractivity contribution < 1.29 is 9.18 Å². The highest BCUT2D eigenvalue weighted by atomic mass is 79.9. The fourth-order valence-corrected chi connectivity index (χ4v) is 2.32. The summed E-state index contributed by atoms with van der Waals surface area (Å²) in [5.41, 5.74) is 1.84. The summed E-state index contributed by atoms with van der Waals surface area (Å²) in [7, 11) is 0. The van der Waals surface area contributed by atoms with Gasteiger partial charge in [-0.1, -0.05) is 15.9 Å². The van der Waals surface area contributed by atoms with Gasteiger partial charge in [-0.25, -0.2) is 9.37 Å². The van der Waals surface area contributed by atoms with Crippen molar-refractivity contribution in [2.75, 3.05) is 10.6 Å². The lowest BCUT2D eigenvalue weighted by Gasteiger charge is -2.08. The first-order valence-electron chi connectivity index (χ1n) is 7.16. The van der Waals surface area contributed by atoms with E-state index in [0.29, 0.717) is 17.1 Å². The molecule has 0 aliphatic carbocycles. The number of benzene rings is 2. The normalized spacial score (nSPS) is 10.2. The van der Waals surface area contributed by atoms with Crippen LogP contribution in [-0.2, 0) is 0 Å². The quantitative estimate of drug-likeness (QED) is 0.665. The zero-order valence-electron chi connectivity index (χ0n) is 12.5. The topological polar surface area (TPSA) is 54.0 Å². The molecular weight excluding hydrogens is 373 g/mol. The van der Waals surface area contributed by atoms with Crippen LogP contribution < -0.4 is 10.6 Å². The molecule has 0 fully saturated rings. The van der Waals surface area contributed by atoms with Crippen molar-refractivity contribution in [2.45, 2.75) is 0 Å². The van der Waals surface area contributed by atoms with Crippen LogP contribution in [0.1, 0.15) is 10.4 Å². The molecule has 24 heavy (non-hydrogen) atoms. The number of carbonyl (C=O) groups is 1. The van der Waals surface area contributed by atoms with Crippen LogP contribution in [0.5, 0.6) is 0 Å². The molecule has 3 rings (SSSR count). The Morgan fingerprint density at radius 1 is 0.958 bits per heavy atom. The van der Waals surface area contributed by atoms with Crippen LogP contribution in [0.25, 0.3) is 0 Å². The number of pyridine rings is 1. The predicted molar refractivity (Wildman–Crippen MR) is 96.0 cm³/mol. The maximum Gasteiger partial charge on any atom is 0.255 e. The van der Waals surface area contributed by atoms with Crippen molar-refractivity contribution in [3.63, 3.8) is 0 Å². The number of anilines is 3. The summed E-state index contributed by atoms with van der Waals surface area (Å²) in [6.07, 6.45) is 1.56. The van der Waals surface area contributed by atoms with E-state index in [-0.39, 0.29) is 11.7 Å². The summed E-state index contributed by atoms with van der Waals surface area (Å²) in [4.78, 5) is 16.5. The lowest BCUT2D eigenvalue weighted by Crippen LogP contribution is -2.12. The average Bonchev–Trinajstić information content (AvgIpc) is 2.59. The van der Waals surface area contributed by atoms with Gasteiger partial charge in [-0.2, -0.15) is 0 Å². The summed E-state index contributed by atoms with van der Waals surface area (Å²) in [5, 5.41) is 5.85. The van der Waals surface area contributed by atoms with Gasteiger partial charge >= 0.3 is 0 Å². The molecule has 120 valence electrons. The molecular formula is C18H13BrFN3O. The minimum Gasteiger partial charge on any atom is -0.340 e. The monoisotopic (exact) mass is 385 g/mol. The number of aromatic nitrogens is 1. The first-order chi connectivity index (χ1) is 11.6. The predicted octanol–water partition coefficient (Wildman–Crippen LogP) is 4.98. The summed E-state index contributed by atoms with van der Waals surface area (Å²) >= 11 is 3.38. The van der Waals surface area contributed by atoms with Gasteiger partial charge in [0.1, 0.15) is 11.6 Å². The van der Waals surface area contributed by atoms with Crippen LogP contribution in [-0.4, -0.2) is 10.9 Å². The van der Waals surface area contributed by atoms with Crippen molar-refractivity contribution in [1.82, 2.24) is 4.98 Å². The molecule has 0 aliphatic rings. The van der Waals surface area contributed by atoms with Gasteiger partial charge < -0.3 is 10.6 Å². The van der Waals surface area contributed by atoms with Gasteiger partial charge in [-0.3, -0.25) is 4.79 Å². The molecule has 1 aromatic heterocycles.